The molecule has 0 radical (unpaired) electrons. The molecule has 9 nitrogen and oxygen atoms in total. The first kappa shape index (κ1) is 19.1. The average Bonchev–Trinajstić information content (AvgIpc) is 3.09. The van der Waals surface area contributed by atoms with Gasteiger partial charge in [0, 0.05) is 32.0 Å². The van der Waals surface area contributed by atoms with Gasteiger partial charge in [-0.1, -0.05) is 11.6 Å². The Balaban J connectivity index is 1.57. The lowest BCUT2D eigenvalue weighted by Gasteiger charge is -2.33. The van der Waals surface area contributed by atoms with E-state index in [0.717, 1.165) is 23.4 Å². The van der Waals surface area contributed by atoms with Crippen LogP contribution in [0.1, 0.15) is 0 Å². The highest BCUT2D eigenvalue weighted by atomic mass is 35.5. The molecule has 1 saturated heterocycles. The molecule has 0 aromatic carbocycles. The number of sulfonamides is 1. The number of nitrogens with one attached hydrogen (secondary N) is 1. The molecule has 0 aliphatic carbocycles. The predicted molar refractivity (Wildman–Crippen MR) is 106 cm³/mol. The van der Waals surface area contributed by atoms with Crippen molar-refractivity contribution < 1.29 is 13.2 Å². The third-order valence-corrected chi connectivity index (χ3v) is 5.29. The number of anilines is 1. The van der Waals surface area contributed by atoms with Gasteiger partial charge in [-0.15, -0.1) is 0 Å². The maximum Gasteiger partial charge on any atom is 0.208 e. The van der Waals surface area contributed by atoms with E-state index in [0.29, 0.717) is 30.5 Å². The molecule has 1 aliphatic rings. The van der Waals surface area contributed by atoms with E-state index in [4.69, 9.17) is 16.3 Å². The highest BCUT2D eigenvalue weighted by Gasteiger charge is 2.23. The number of aromatic nitrogens is 4. The van der Waals surface area contributed by atoms with Crippen molar-refractivity contribution in [3.05, 3.63) is 41.8 Å². The monoisotopic (exact) mass is 422 g/mol. The van der Waals surface area contributed by atoms with Crippen molar-refractivity contribution in [1.82, 2.24) is 24.1 Å². The number of rotatable bonds is 5. The molecule has 1 aliphatic heterocycles. The van der Waals surface area contributed by atoms with E-state index in [1.165, 1.54) is 0 Å². The van der Waals surface area contributed by atoms with Gasteiger partial charge < -0.3 is 9.64 Å². The van der Waals surface area contributed by atoms with Crippen LogP contribution in [0, 0.1) is 0 Å². The zero-order valence-corrected chi connectivity index (χ0v) is 16.7. The molecule has 1 N–H and O–H groups in total. The Hall–Kier alpha value is -2.27. The van der Waals surface area contributed by atoms with Gasteiger partial charge in [0.25, 0.3) is 0 Å². The quantitative estimate of drug-likeness (QED) is 0.659. The molecular formula is C17H19ClN6O3S. The molecule has 0 spiro atoms. The minimum Gasteiger partial charge on any atom is -0.373 e. The van der Waals surface area contributed by atoms with E-state index < -0.39 is 10.0 Å². The smallest absolute Gasteiger partial charge is 0.208 e. The summed E-state index contributed by atoms with van der Waals surface area (Å²) in [5.74, 6) is 1.28. The van der Waals surface area contributed by atoms with E-state index in [2.05, 4.69) is 24.6 Å². The highest BCUT2D eigenvalue weighted by Crippen LogP contribution is 2.22. The van der Waals surface area contributed by atoms with E-state index in [9.17, 15) is 8.42 Å². The Morgan fingerprint density at radius 3 is 3.00 bits per heavy atom. The van der Waals surface area contributed by atoms with Gasteiger partial charge in [0.05, 0.1) is 30.2 Å². The first-order valence-corrected chi connectivity index (χ1v) is 10.9. The first-order chi connectivity index (χ1) is 13.4. The maximum atomic E-state index is 11.3. The van der Waals surface area contributed by atoms with E-state index in [1.54, 1.807) is 24.7 Å². The van der Waals surface area contributed by atoms with Crippen molar-refractivity contribution in [2.24, 2.45) is 0 Å². The van der Waals surface area contributed by atoms with Crippen LogP contribution in [0.3, 0.4) is 0 Å². The van der Waals surface area contributed by atoms with Gasteiger partial charge >= 0.3 is 0 Å². The molecule has 4 rings (SSSR count). The number of hydrogen-bond donors (Lipinski definition) is 1. The second kappa shape index (κ2) is 7.63. The molecule has 0 saturated carbocycles. The van der Waals surface area contributed by atoms with E-state index in [-0.39, 0.29) is 12.6 Å². The average molecular weight is 423 g/mol. The van der Waals surface area contributed by atoms with Crippen LogP contribution >= 0.6 is 11.6 Å². The van der Waals surface area contributed by atoms with Gasteiger partial charge in [-0.2, -0.15) is 0 Å². The molecule has 0 bridgehead atoms. The second-order valence-corrected chi connectivity index (χ2v) is 8.79. The Labute approximate surface area is 167 Å². The predicted octanol–water partition coefficient (Wildman–Crippen LogP) is 1.20. The molecule has 3 aromatic heterocycles. The van der Waals surface area contributed by atoms with Crippen molar-refractivity contribution in [2.45, 2.75) is 6.10 Å². The fourth-order valence-corrected chi connectivity index (χ4v) is 3.71. The first-order valence-electron chi connectivity index (χ1n) is 8.66. The van der Waals surface area contributed by atoms with Crippen molar-refractivity contribution >= 4 is 33.1 Å². The molecular weight excluding hydrogens is 404 g/mol. The summed E-state index contributed by atoms with van der Waals surface area (Å²) >= 11 is 6.11. The van der Waals surface area contributed by atoms with E-state index in [1.807, 2.05) is 16.5 Å². The van der Waals surface area contributed by atoms with Crippen LogP contribution in [0.15, 0.2) is 36.8 Å². The third kappa shape index (κ3) is 4.25. The number of hydrogen-bond acceptors (Lipinski definition) is 7. The summed E-state index contributed by atoms with van der Waals surface area (Å²) in [6, 6.07) is 5.44. The fraction of sp³-hybridized carbons (Fsp3) is 0.353. The summed E-state index contributed by atoms with van der Waals surface area (Å²) in [4.78, 5) is 15.5. The van der Waals surface area contributed by atoms with Crippen molar-refractivity contribution in [2.75, 3.05) is 37.4 Å². The van der Waals surface area contributed by atoms with Crippen LogP contribution in [0.25, 0.3) is 17.2 Å². The number of nitrogens with zero attached hydrogens (tertiary/aromatic N) is 5. The van der Waals surface area contributed by atoms with Crippen LogP contribution in [0.2, 0.25) is 5.02 Å². The summed E-state index contributed by atoms with van der Waals surface area (Å²) in [7, 11) is -3.26. The molecule has 1 fully saturated rings. The Kier molecular flexibility index (Phi) is 5.19. The van der Waals surface area contributed by atoms with Crippen LogP contribution in [0.4, 0.5) is 5.82 Å². The van der Waals surface area contributed by atoms with Gasteiger partial charge in [0.2, 0.25) is 10.0 Å². The summed E-state index contributed by atoms with van der Waals surface area (Å²) in [6.07, 6.45) is 6.06. The summed E-state index contributed by atoms with van der Waals surface area (Å²) in [6.45, 7) is 1.89. The third-order valence-electron chi connectivity index (χ3n) is 4.38. The molecule has 1 atom stereocenters. The van der Waals surface area contributed by atoms with Gasteiger partial charge in [0.15, 0.2) is 5.82 Å². The normalized spacial score (nSPS) is 17.9. The van der Waals surface area contributed by atoms with Crippen molar-refractivity contribution in [3.63, 3.8) is 0 Å². The lowest BCUT2D eigenvalue weighted by Crippen LogP contribution is -2.47. The Morgan fingerprint density at radius 2 is 2.18 bits per heavy atom. The largest absolute Gasteiger partial charge is 0.373 e. The Morgan fingerprint density at radius 1 is 1.32 bits per heavy atom. The highest BCUT2D eigenvalue weighted by molar-refractivity contribution is 7.88. The van der Waals surface area contributed by atoms with Gasteiger partial charge in [-0.3, -0.25) is 4.40 Å². The number of fused-ring (bicyclic) bond motifs is 1. The standard InChI is InChI=1S/C17H19ClN6O3S/c1-28(25,26)21-8-13-11-23(6-7-27-13)16-4-5-19-17(22-16)14-9-20-15-3-2-12(18)10-24(14)15/h2-5,9-10,13,21H,6-8,11H2,1H3/t13-/m1/s1. The van der Waals surface area contributed by atoms with Crippen molar-refractivity contribution in [1.29, 1.82) is 0 Å². The van der Waals surface area contributed by atoms with Crippen LogP contribution in [-0.4, -0.2) is 66.4 Å². The SMILES string of the molecule is CS(=O)(=O)NC[C@@H]1CN(c2ccnc(-c3cnc4ccc(Cl)cn34)n2)CCO1. The number of halogens is 1. The number of morpholine rings is 1. The summed E-state index contributed by atoms with van der Waals surface area (Å²) in [5.41, 5.74) is 1.49. The second-order valence-electron chi connectivity index (χ2n) is 6.52. The summed E-state index contributed by atoms with van der Waals surface area (Å²) < 4.78 is 32.6. The van der Waals surface area contributed by atoms with Gasteiger partial charge in [-0.05, 0) is 18.2 Å². The van der Waals surface area contributed by atoms with Gasteiger partial charge in [-0.25, -0.2) is 28.1 Å². The number of ether oxygens (including phenoxy) is 1. The minimum absolute atomic E-state index is 0.221. The lowest BCUT2D eigenvalue weighted by atomic mass is 10.2. The molecule has 0 unspecified atom stereocenters. The van der Waals surface area contributed by atoms with Crippen LogP contribution < -0.4 is 9.62 Å². The number of pyridine rings is 1. The molecule has 28 heavy (non-hydrogen) atoms. The molecule has 4 heterocycles. The molecule has 11 heteroatoms. The molecule has 148 valence electrons. The minimum atomic E-state index is -3.26. The number of imidazole rings is 1. The fourth-order valence-electron chi connectivity index (χ4n) is 3.06. The summed E-state index contributed by atoms with van der Waals surface area (Å²) in [5, 5.41) is 0.595. The van der Waals surface area contributed by atoms with Crippen LogP contribution in [0.5, 0.6) is 0 Å². The molecule has 3 aromatic rings. The molecule has 0 amide bonds. The Bertz CT molecular complexity index is 1100. The zero-order valence-electron chi connectivity index (χ0n) is 15.1. The van der Waals surface area contributed by atoms with Crippen LogP contribution in [-0.2, 0) is 14.8 Å². The maximum absolute atomic E-state index is 11.3. The van der Waals surface area contributed by atoms with Gasteiger partial charge in [0.1, 0.15) is 17.2 Å². The van der Waals surface area contributed by atoms with Crippen molar-refractivity contribution in [3.8, 4) is 11.5 Å². The van der Waals surface area contributed by atoms with E-state index >= 15 is 0 Å². The zero-order chi connectivity index (χ0) is 19.7. The topological polar surface area (TPSA) is 102 Å². The lowest BCUT2D eigenvalue weighted by molar-refractivity contribution is 0.0440.